The first-order valence-electron chi connectivity index (χ1n) is 5.78. The van der Waals surface area contributed by atoms with E-state index >= 15 is 0 Å². The van der Waals surface area contributed by atoms with E-state index in [1.54, 1.807) is 11.9 Å². The van der Waals surface area contributed by atoms with Crippen LogP contribution in [0.4, 0.5) is 5.69 Å². The number of anilines is 1. The Hall–Kier alpha value is -1.54. The smallest absolute Gasteiger partial charge is 0.246 e. The van der Waals surface area contributed by atoms with Crippen LogP contribution in [-0.2, 0) is 4.79 Å². The highest BCUT2D eigenvalue weighted by Gasteiger charge is 2.33. The molecule has 4 nitrogen and oxygen atoms in total. The molecule has 18 heavy (non-hydrogen) atoms. The standard InChI is InChI=1S/C13H14BrN3O/c1-16-8-9-17(12(6-7-15)13(16)18)11-5-3-2-4-10(11)14/h2-5,12H,6,8-9H2,1H3. The van der Waals surface area contributed by atoms with Crippen molar-refractivity contribution in [2.24, 2.45) is 0 Å². The Morgan fingerprint density at radius 2 is 2.17 bits per heavy atom. The Labute approximate surface area is 115 Å². The fraction of sp³-hybridized carbons (Fsp3) is 0.385. The molecule has 1 atom stereocenters. The molecule has 0 N–H and O–H groups in total. The number of likely N-dealkylation sites (N-methyl/N-ethyl adjacent to an activating group) is 1. The van der Waals surface area contributed by atoms with Crippen molar-refractivity contribution in [1.29, 1.82) is 5.26 Å². The van der Waals surface area contributed by atoms with Crippen molar-refractivity contribution >= 4 is 27.5 Å². The number of para-hydroxylation sites is 1. The van der Waals surface area contributed by atoms with Crippen LogP contribution in [0.3, 0.4) is 0 Å². The second kappa shape index (κ2) is 5.40. The minimum atomic E-state index is -0.382. The van der Waals surface area contributed by atoms with Crippen LogP contribution in [-0.4, -0.2) is 37.0 Å². The third-order valence-electron chi connectivity index (χ3n) is 3.16. The Kier molecular flexibility index (Phi) is 3.87. The van der Waals surface area contributed by atoms with Crippen molar-refractivity contribution in [2.45, 2.75) is 12.5 Å². The third kappa shape index (κ3) is 2.34. The average molecular weight is 308 g/mol. The van der Waals surface area contributed by atoms with E-state index in [1.807, 2.05) is 29.2 Å². The Morgan fingerprint density at radius 3 is 2.83 bits per heavy atom. The molecule has 0 aromatic heterocycles. The number of hydrogen-bond acceptors (Lipinski definition) is 3. The molecule has 1 fully saturated rings. The van der Waals surface area contributed by atoms with Gasteiger partial charge in [-0.1, -0.05) is 12.1 Å². The summed E-state index contributed by atoms with van der Waals surface area (Å²) in [6.07, 6.45) is 0.213. The van der Waals surface area contributed by atoms with Gasteiger partial charge in [-0.05, 0) is 28.1 Å². The maximum atomic E-state index is 12.1. The third-order valence-corrected chi connectivity index (χ3v) is 3.83. The molecule has 1 unspecified atom stereocenters. The van der Waals surface area contributed by atoms with Gasteiger partial charge in [-0.25, -0.2) is 0 Å². The first-order valence-corrected chi connectivity index (χ1v) is 6.57. The van der Waals surface area contributed by atoms with Crippen molar-refractivity contribution < 1.29 is 4.79 Å². The molecular weight excluding hydrogens is 294 g/mol. The molecule has 1 aliphatic rings. The van der Waals surface area contributed by atoms with Crippen molar-refractivity contribution in [2.75, 3.05) is 25.0 Å². The van der Waals surface area contributed by atoms with Crippen molar-refractivity contribution in [3.63, 3.8) is 0 Å². The SMILES string of the molecule is CN1CCN(c2ccccc2Br)C(CC#N)C1=O. The normalized spacial score (nSPS) is 19.8. The van der Waals surface area contributed by atoms with E-state index in [0.717, 1.165) is 16.7 Å². The van der Waals surface area contributed by atoms with Crippen molar-refractivity contribution in [3.05, 3.63) is 28.7 Å². The molecule has 1 aromatic rings. The van der Waals surface area contributed by atoms with Gasteiger partial charge in [-0.2, -0.15) is 5.26 Å². The molecular formula is C13H14BrN3O. The summed E-state index contributed by atoms with van der Waals surface area (Å²) in [6.45, 7) is 1.43. The van der Waals surface area contributed by atoms with E-state index < -0.39 is 0 Å². The van der Waals surface area contributed by atoms with Gasteiger partial charge in [0.2, 0.25) is 5.91 Å². The highest BCUT2D eigenvalue weighted by Crippen LogP contribution is 2.29. The van der Waals surface area contributed by atoms with Gasteiger partial charge in [-0.3, -0.25) is 4.79 Å². The van der Waals surface area contributed by atoms with Crippen LogP contribution in [0.2, 0.25) is 0 Å². The molecule has 1 amide bonds. The van der Waals surface area contributed by atoms with Gasteiger partial charge in [-0.15, -0.1) is 0 Å². The second-order valence-corrected chi connectivity index (χ2v) is 5.14. The lowest BCUT2D eigenvalue weighted by molar-refractivity contribution is -0.132. The van der Waals surface area contributed by atoms with Crippen LogP contribution in [0.25, 0.3) is 0 Å². The van der Waals surface area contributed by atoms with Gasteiger partial charge in [0.25, 0.3) is 0 Å². The first kappa shape index (κ1) is 12.9. The fourth-order valence-corrected chi connectivity index (χ4v) is 2.68. The Balaban J connectivity index is 2.34. The van der Waals surface area contributed by atoms with Gasteiger partial charge >= 0.3 is 0 Å². The quantitative estimate of drug-likeness (QED) is 0.839. The predicted octanol–water partition coefficient (Wildman–Crippen LogP) is 2.01. The molecule has 0 bridgehead atoms. The van der Waals surface area contributed by atoms with Crippen LogP contribution >= 0.6 is 15.9 Å². The molecule has 1 heterocycles. The van der Waals surface area contributed by atoms with Gasteiger partial charge in [0.15, 0.2) is 0 Å². The van der Waals surface area contributed by atoms with E-state index in [2.05, 4.69) is 22.0 Å². The Bertz CT molecular complexity index is 497. The number of carbonyl (C=O) groups excluding carboxylic acids is 1. The number of halogens is 1. The lowest BCUT2D eigenvalue weighted by Gasteiger charge is -2.40. The summed E-state index contributed by atoms with van der Waals surface area (Å²) in [4.78, 5) is 15.8. The zero-order chi connectivity index (χ0) is 13.1. The second-order valence-electron chi connectivity index (χ2n) is 4.28. The first-order chi connectivity index (χ1) is 8.65. The van der Waals surface area contributed by atoms with Gasteiger partial charge < -0.3 is 9.80 Å². The summed E-state index contributed by atoms with van der Waals surface area (Å²) < 4.78 is 0.949. The summed E-state index contributed by atoms with van der Waals surface area (Å²) in [6, 6.07) is 9.50. The molecule has 0 spiro atoms. The average Bonchev–Trinajstić information content (AvgIpc) is 2.37. The van der Waals surface area contributed by atoms with Crippen molar-refractivity contribution in [3.8, 4) is 6.07 Å². The number of rotatable bonds is 2. The molecule has 2 rings (SSSR count). The molecule has 0 aliphatic carbocycles. The maximum Gasteiger partial charge on any atom is 0.246 e. The van der Waals surface area contributed by atoms with Crippen LogP contribution in [0.1, 0.15) is 6.42 Å². The zero-order valence-electron chi connectivity index (χ0n) is 10.1. The van der Waals surface area contributed by atoms with Crippen LogP contribution in [0.5, 0.6) is 0 Å². The van der Waals surface area contributed by atoms with Gasteiger partial charge in [0, 0.05) is 24.6 Å². The van der Waals surface area contributed by atoms with E-state index in [9.17, 15) is 4.79 Å². The van der Waals surface area contributed by atoms with Crippen LogP contribution in [0, 0.1) is 11.3 Å². The topological polar surface area (TPSA) is 47.3 Å². The summed E-state index contributed by atoms with van der Waals surface area (Å²) in [5.41, 5.74) is 0.971. The molecule has 1 saturated heterocycles. The lowest BCUT2D eigenvalue weighted by Crippen LogP contribution is -2.55. The number of piperazine rings is 1. The maximum absolute atomic E-state index is 12.1. The highest BCUT2D eigenvalue weighted by molar-refractivity contribution is 9.10. The van der Waals surface area contributed by atoms with Crippen molar-refractivity contribution in [1.82, 2.24) is 4.90 Å². The molecule has 0 radical (unpaired) electrons. The van der Waals surface area contributed by atoms with E-state index in [-0.39, 0.29) is 18.4 Å². The highest BCUT2D eigenvalue weighted by atomic mass is 79.9. The molecule has 0 saturated carbocycles. The molecule has 5 heteroatoms. The van der Waals surface area contributed by atoms with E-state index in [1.165, 1.54) is 0 Å². The van der Waals surface area contributed by atoms with E-state index in [0.29, 0.717) is 6.54 Å². The number of nitriles is 1. The minimum Gasteiger partial charge on any atom is -0.356 e. The predicted molar refractivity (Wildman–Crippen MR) is 73.1 cm³/mol. The number of nitrogens with zero attached hydrogens (tertiary/aromatic N) is 3. The van der Waals surface area contributed by atoms with Gasteiger partial charge in [0.1, 0.15) is 6.04 Å². The monoisotopic (exact) mass is 307 g/mol. The molecule has 94 valence electrons. The van der Waals surface area contributed by atoms with Gasteiger partial charge in [0.05, 0.1) is 18.2 Å². The summed E-state index contributed by atoms with van der Waals surface area (Å²) in [5, 5.41) is 8.90. The lowest BCUT2D eigenvalue weighted by atomic mass is 10.1. The summed E-state index contributed by atoms with van der Waals surface area (Å²) in [7, 11) is 1.78. The van der Waals surface area contributed by atoms with Crippen LogP contribution in [0.15, 0.2) is 28.7 Å². The van der Waals surface area contributed by atoms with Crippen LogP contribution < -0.4 is 4.90 Å². The number of hydrogen-bond donors (Lipinski definition) is 0. The zero-order valence-corrected chi connectivity index (χ0v) is 11.7. The fourth-order valence-electron chi connectivity index (χ4n) is 2.17. The molecule has 1 aromatic carbocycles. The minimum absolute atomic E-state index is 0.0125. The number of benzene rings is 1. The summed E-state index contributed by atoms with van der Waals surface area (Å²) in [5.74, 6) is 0.0125. The Morgan fingerprint density at radius 1 is 1.44 bits per heavy atom. The summed E-state index contributed by atoms with van der Waals surface area (Å²) >= 11 is 3.50. The van der Waals surface area contributed by atoms with E-state index in [4.69, 9.17) is 5.26 Å². The largest absolute Gasteiger partial charge is 0.356 e. The number of amides is 1. The molecule has 1 aliphatic heterocycles. The number of carbonyl (C=O) groups is 1.